The highest BCUT2D eigenvalue weighted by Gasteiger charge is 2.38. The first kappa shape index (κ1) is 26.6. The van der Waals surface area contributed by atoms with E-state index in [1.807, 2.05) is 26.0 Å². The number of carbonyl (C=O) groups excluding carboxylic acids is 2. The van der Waals surface area contributed by atoms with Crippen LogP contribution in [-0.2, 0) is 10.2 Å². The van der Waals surface area contributed by atoms with Gasteiger partial charge in [-0.15, -0.1) is 0 Å². The lowest BCUT2D eigenvalue weighted by Gasteiger charge is -2.44. The molecule has 2 heterocycles. The number of piperazine rings is 1. The van der Waals surface area contributed by atoms with E-state index in [2.05, 4.69) is 65.6 Å². The first-order valence-electron chi connectivity index (χ1n) is 13.9. The molecule has 7 nitrogen and oxygen atoms in total. The molecule has 3 aromatic carbocycles. The number of rotatable bonds is 5. The second-order valence-corrected chi connectivity index (χ2v) is 10.8. The minimum Gasteiger partial charge on any atom is -0.447 e. The molecular formula is C32H38N4O3. The van der Waals surface area contributed by atoms with Crippen LogP contribution in [0.15, 0.2) is 78.9 Å². The van der Waals surface area contributed by atoms with Gasteiger partial charge in [0.05, 0.1) is 17.5 Å². The van der Waals surface area contributed by atoms with Crippen LogP contribution in [0.25, 0.3) is 0 Å². The molecular weight excluding hydrogens is 488 g/mol. The first-order chi connectivity index (χ1) is 18.9. The van der Waals surface area contributed by atoms with Gasteiger partial charge in [0.25, 0.3) is 5.91 Å². The number of nitrogens with zero attached hydrogens (tertiary/aromatic N) is 3. The van der Waals surface area contributed by atoms with Crippen molar-refractivity contribution < 1.29 is 14.3 Å². The van der Waals surface area contributed by atoms with Crippen LogP contribution in [0, 0.1) is 0 Å². The van der Waals surface area contributed by atoms with Crippen molar-refractivity contribution in [1.29, 1.82) is 0 Å². The molecule has 0 atom stereocenters. The minimum atomic E-state index is -0.323. The quantitative estimate of drug-likeness (QED) is 0.465. The highest BCUT2D eigenvalue weighted by molar-refractivity contribution is 5.96. The summed E-state index contributed by atoms with van der Waals surface area (Å²) in [5.74, 6) is -0.0593. The number of hydrogen-bond acceptors (Lipinski definition) is 5. The molecule has 0 bridgehead atoms. The summed E-state index contributed by atoms with van der Waals surface area (Å²) in [5, 5.41) is 0. The first-order valence-corrected chi connectivity index (χ1v) is 13.9. The molecule has 2 aliphatic heterocycles. The molecule has 2 saturated heterocycles. The molecule has 0 saturated carbocycles. The second-order valence-electron chi connectivity index (χ2n) is 10.8. The molecule has 39 heavy (non-hydrogen) atoms. The van der Waals surface area contributed by atoms with Crippen LogP contribution in [0.3, 0.4) is 0 Å². The zero-order chi connectivity index (χ0) is 27.4. The van der Waals surface area contributed by atoms with Crippen molar-refractivity contribution >= 4 is 23.4 Å². The summed E-state index contributed by atoms with van der Waals surface area (Å²) >= 11 is 0. The van der Waals surface area contributed by atoms with Crippen molar-refractivity contribution in [2.75, 3.05) is 49.9 Å². The van der Waals surface area contributed by atoms with Gasteiger partial charge in [-0.3, -0.25) is 4.79 Å². The van der Waals surface area contributed by atoms with Gasteiger partial charge in [-0.1, -0.05) is 60.7 Å². The van der Waals surface area contributed by atoms with E-state index in [9.17, 15) is 9.59 Å². The zero-order valence-electron chi connectivity index (χ0n) is 22.9. The molecule has 3 aromatic rings. The maximum absolute atomic E-state index is 13.2. The molecule has 2 amide bonds. The third kappa shape index (κ3) is 5.58. The van der Waals surface area contributed by atoms with E-state index >= 15 is 0 Å². The molecule has 7 heteroatoms. The fourth-order valence-corrected chi connectivity index (χ4v) is 5.91. The van der Waals surface area contributed by atoms with E-state index in [4.69, 9.17) is 10.5 Å². The highest BCUT2D eigenvalue weighted by atomic mass is 16.6. The second kappa shape index (κ2) is 11.4. The van der Waals surface area contributed by atoms with Gasteiger partial charge in [0, 0.05) is 50.2 Å². The normalized spacial score (nSPS) is 17.3. The summed E-state index contributed by atoms with van der Waals surface area (Å²) in [6, 6.07) is 27.3. The average molecular weight is 527 g/mol. The molecule has 204 valence electrons. The predicted molar refractivity (Wildman–Crippen MR) is 155 cm³/mol. The van der Waals surface area contributed by atoms with E-state index in [1.165, 1.54) is 11.1 Å². The number of benzene rings is 3. The Morgan fingerprint density at radius 1 is 0.769 bits per heavy atom. The number of nitrogens with two attached hydrogens (primary N) is 1. The Bertz CT molecular complexity index is 1240. The molecule has 5 rings (SSSR count). The fraction of sp³-hybridized carbons (Fsp3) is 0.375. The molecule has 0 aliphatic carbocycles. The maximum Gasteiger partial charge on any atom is 0.410 e. The van der Waals surface area contributed by atoms with Gasteiger partial charge in [0.15, 0.2) is 0 Å². The van der Waals surface area contributed by atoms with Gasteiger partial charge in [0.1, 0.15) is 0 Å². The maximum atomic E-state index is 13.2. The van der Waals surface area contributed by atoms with E-state index in [0.29, 0.717) is 37.4 Å². The monoisotopic (exact) mass is 526 g/mol. The molecule has 2 N–H and O–H groups in total. The molecule has 0 unspecified atom stereocenters. The van der Waals surface area contributed by atoms with Gasteiger partial charge >= 0.3 is 6.09 Å². The summed E-state index contributed by atoms with van der Waals surface area (Å²) in [7, 11) is 0. The Morgan fingerprint density at radius 3 is 1.82 bits per heavy atom. The number of nitrogen functional groups attached to an aromatic ring is 1. The largest absolute Gasteiger partial charge is 0.447 e. The van der Waals surface area contributed by atoms with Crippen LogP contribution >= 0.6 is 0 Å². The SMILES string of the molecule is CC(C)OC(=O)N1CCN(C(=O)c2ccc(N3CCC(c4ccccc4)(c4ccccc4)CC3)c(N)c2)CC1. The lowest BCUT2D eigenvalue weighted by atomic mass is 9.68. The summed E-state index contributed by atoms with van der Waals surface area (Å²) < 4.78 is 5.28. The molecule has 2 fully saturated rings. The standard InChI is InChI=1S/C32H38N4O3/c1-24(2)39-31(38)36-21-19-35(20-22-36)30(37)25-13-14-29(28(33)23-25)34-17-15-32(16-18-34,26-9-5-3-6-10-26)27-11-7-4-8-12-27/h3-14,23-24H,15-22,33H2,1-2H3. The van der Waals surface area contributed by atoms with Crippen LogP contribution in [0.2, 0.25) is 0 Å². The highest BCUT2D eigenvalue weighted by Crippen LogP contribution is 2.43. The topological polar surface area (TPSA) is 79.1 Å². The van der Waals surface area contributed by atoms with E-state index in [-0.39, 0.29) is 23.5 Å². The third-order valence-electron chi connectivity index (χ3n) is 8.05. The number of hydrogen-bond donors (Lipinski definition) is 1. The Hall–Kier alpha value is -4.00. The smallest absolute Gasteiger partial charge is 0.410 e. The summed E-state index contributed by atoms with van der Waals surface area (Å²) in [6.07, 6.45) is 1.47. The van der Waals surface area contributed by atoms with Gasteiger partial charge in [0.2, 0.25) is 0 Å². The van der Waals surface area contributed by atoms with Crippen molar-refractivity contribution in [3.05, 3.63) is 95.6 Å². The Balaban J connectivity index is 1.26. The lowest BCUT2D eigenvalue weighted by Crippen LogP contribution is -2.51. The third-order valence-corrected chi connectivity index (χ3v) is 8.05. The summed E-state index contributed by atoms with van der Waals surface area (Å²) in [6.45, 7) is 7.27. The zero-order valence-corrected chi connectivity index (χ0v) is 22.9. The van der Waals surface area contributed by atoms with Crippen LogP contribution in [0.4, 0.5) is 16.2 Å². The minimum absolute atomic E-state index is 0.0343. The van der Waals surface area contributed by atoms with Gasteiger partial charge in [-0.25, -0.2) is 4.79 Å². The van der Waals surface area contributed by atoms with E-state index < -0.39 is 0 Å². The Morgan fingerprint density at radius 2 is 1.31 bits per heavy atom. The van der Waals surface area contributed by atoms with Gasteiger partial charge in [-0.2, -0.15) is 0 Å². The van der Waals surface area contributed by atoms with Crippen molar-refractivity contribution in [3.8, 4) is 0 Å². The van der Waals surface area contributed by atoms with Crippen molar-refractivity contribution in [2.24, 2.45) is 0 Å². The van der Waals surface area contributed by atoms with Crippen LogP contribution in [0.1, 0.15) is 48.2 Å². The van der Waals surface area contributed by atoms with Gasteiger partial charge < -0.3 is 25.2 Å². The number of ether oxygens (including phenoxy) is 1. The number of carbonyl (C=O) groups is 2. The lowest BCUT2D eigenvalue weighted by molar-refractivity contribution is 0.0476. The summed E-state index contributed by atoms with van der Waals surface area (Å²) in [5.41, 5.74) is 11.4. The number of piperidine rings is 1. The van der Waals surface area contributed by atoms with Crippen LogP contribution in [-0.4, -0.2) is 67.2 Å². The molecule has 0 radical (unpaired) electrons. The molecule has 2 aliphatic rings. The molecule has 0 spiro atoms. The summed E-state index contributed by atoms with van der Waals surface area (Å²) in [4.78, 5) is 31.2. The van der Waals surface area contributed by atoms with Gasteiger partial charge in [-0.05, 0) is 56.0 Å². The Kier molecular flexibility index (Phi) is 7.77. The van der Waals surface area contributed by atoms with Crippen LogP contribution < -0.4 is 10.6 Å². The Labute approximate surface area is 231 Å². The van der Waals surface area contributed by atoms with Crippen molar-refractivity contribution in [2.45, 2.75) is 38.2 Å². The van der Waals surface area contributed by atoms with E-state index in [0.717, 1.165) is 31.6 Å². The molecule has 0 aromatic heterocycles. The van der Waals surface area contributed by atoms with E-state index in [1.54, 1.807) is 15.9 Å². The van der Waals surface area contributed by atoms with Crippen LogP contribution in [0.5, 0.6) is 0 Å². The predicted octanol–water partition coefficient (Wildman–Crippen LogP) is 5.16. The van der Waals surface area contributed by atoms with Crippen molar-refractivity contribution in [1.82, 2.24) is 9.80 Å². The van der Waals surface area contributed by atoms with Crippen molar-refractivity contribution in [3.63, 3.8) is 0 Å². The average Bonchev–Trinajstić information content (AvgIpc) is 2.97. The fourth-order valence-electron chi connectivity index (χ4n) is 5.91. The number of amides is 2. The number of anilines is 2.